The summed E-state index contributed by atoms with van der Waals surface area (Å²) in [5.74, 6) is 0. The van der Waals surface area contributed by atoms with E-state index >= 15 is 0 Å². The van der Waals surface area contributed by atoms with Crippen LogP contribution < -0.4 is 0 Å². The van der Waals surface area contributed by atoms with Crippen molar-refractivity contribution in [2.24, 2.45) is 0 Å². The zero-order valence-electron chi connectivity index (χ0n) is 8.42. The van der Waals surface area contributed by atoms with Gasteiger partial charge in [-0.3, -0.25) is 0 Å². The quantitative estimate of drug-likeness (QED) is 0.642. The zero-order valence-corrected chi connectivity index (χ0v) is 9.18. The first kappa shape index (κ1) is 10.0. The highest BCUT2D eigenvalue weighted by atomic mass is 35.5. The van der Waals surface area contributed by atoms with E-state index in [1.807, 2.05) is 6.07 Å². The van der Waals surface area contributed by atoms with Crippen molar-refractivity contribution in [3.63, 3.8) is 0 Å². The van der Waals surface area contributed by atoms with Crippen LogP contribution in [0.3, 0.4) is 0 Å². The Bertz CT molecular complexity index is 322. The van der Waals surface area contributed by atoms with Gasteiger partial charge in [-0.2, -0.15) is 0 Å². The molecule has 1 aliphatic carbocycles. The fourth-order valence-corrected chi connectivity index (χ4v) is 2.32. The van der Waals surface area contributed by atoms with E-state index in [1.54, 1.807) is 7.11 Å². The van der Waals surface area contributed by atoms with Gasteiger partial charge in [0.2, 0.25) is 0 Å². The van der Waals surface area contributed by atoms with Crippen molar-refractivity contribution in [3.05, 3.63) is 34.3 Å². The number of ether oxygens (including phenoxy) is 1. The van der Waals surface area contributed by atoms with Crippen LogP contribution in [0, 0.1) is 0 Å². The smallest absolute Gasteiger partial charge is 0.0824 e. The molecule has 2 heteroatoms. The Morgan fingerprint density at radius 2 is 2.21 bits per heavy atom. The van der Waals surface area contributed by atoms with Gasteiger partial charge in [-0.1, -0.05) is 24.1 Å². The molecule has 0 saturated carbocycles. The van der Waals surface area contributed by atoms with Crippen LogP contribution in [0.4, 0.5) is 0 Å². The maximum Gasteiger partial charge on any atom is 0.0824 e. The Kier molecular flexibility index (Phi) is 3.09. The number of fused-ring (bicyclic) bond motifs is 1. The monoisotopic (exact) mass is 210 g/mol. The first-order valence-electron chi connectivity index (χ1n) is 5.12. The first-order valence-corrected chi connectivity index (χ1v) is 5.50. The molecule has 1 nitrogen and oxygen atoms in total. The summed E-state index contributed by atoms with van der Waals surface area (Å²) < 4.78 is 5.49. The summed E-state index contributed by atoms with van der Waals surface area (Å²) in [6, 6.07) is 6.16. The number of benzene rings is 1. The summed E-state index contributed by atoms with van der Waals surface area (Å²) in [5.41, 5.74) is 2.69. The molecular weight excluding hydrogens is 196 g/mol. The van der Waals surface area contributed by atoms with Crippen LogP contribution in [0.25, 0.3) is 0 Å². The number of methoxy groups -OCH3 is 1. The number of hydrogen-bond acceptors (Lipinski definition) is 1. The van der Waals surface area contributed by atoms with Gasteiger partial charge in [0.05, 0.1) is 6.10 Å². The molecule has 0 saturated heterocycles. The third kappa shape index (κ3) is 1.94. The Hall–Kier alpha value is -0.530. The van der Waals surface area contributed by atoms with Gasteiger partial charge in [-0.25, -0.2) is 0 Å². The number of aryl methyl sites for hydroxylation is 1. The van der Waals surface area contributed by atoms with Gasteiger partial charge < -0.3 is 4.74 Å². The second-order valence-electron chi connectivity index (χ2n) is 3.81. The largest absolute Gasteiger partial charge is 0.377 e. The van der Waals surface area contributed by atoms with Crippen LogP contribution in [0.5, 0.6) is 0 Å². The zero-order chi connectivity index (χ0) is 9.97. The summed E-state index contributed by atoms with van der Waals surface area (Å²) in [6.45, 7) is 0. The molecule has 0 bridgehead atoms. The number of rotatable bonds is 1. The highest BCUT2D eigenvalue weighted by molar-refractivity contribution is 6.30. The molecule has 1 aromatic rings. The van der Waals surface area contributed by atoms with Crippen molar-refractivity contribution in [3.8, 4) is 0 Å². The van der Waals surface area contributed by atoms with E-state index in [0.717, 1.165) is 17.9 Å². The fourth-order valence-electron chi connectivity index (χ4n) is 2.14. The summed E-state index contributed by atoms with van der Waals surface area (Å²) in [5, 5.41) is 0.813. The van der Waals surface area contributed by atoms with Crippen molar-refractivity contribution in [1.82, 2.24) is 0 Å². The van der Waals surface area contributed by atoms with E-state index in [4.69, 9.17) is 16.3 Å². The van der Waals surface area contributed by atoms with Gasteiger partial charge in [0, 0.05) is 12.1 Å². The standard InChI is InChI=1S/C12H15ClO/c1-14-12-5-3-2-4-9-6-7-10(13)8-11(9)12/h6-8,12H,2-5H2,1H3. The second kappa shape index (κ2) is 4.33. The van der Waals surface area contributed by atoms with Crippen molar-refractivity contribution >= 4 is 11.6 Å². The molecule has 14 heavy (non-hydrogen) atoms. The Labute approximate surface area is 90.0 Å². The highest BCUT2D eigenvalue weighted by Crippen LogP contribution is 2.32. The minimum atomic E-state index is 0.242. The van der Waals surface area contributed by atoms with E-state index in [0.29, 0.717) is 0 Å². The van der Waals surface area contributed by atoms with E-state index < -0.39 is 0 Å². The van der Waals surface area contributed by atoms with Gasteiger partial charge in [-0.15, -0.1) is 0 Å². The van der Waals surface area contributed by atoms with Gasteiger partial charge in [-0.05, 0) is 42.5 Å². The maximum atomic E-state index is 6.00. The van der Waals surface area contributed by atoms with Gasteiger partial charge >= 0.3 is 0 Å². The molecule has 76 valence electrons. The van der Waals surface area contributed by atoms with Crippen LogP contribution in [0.15, 0.2) is 18.2 Å². The summed E-state index contributed by atoms with van der Waals surface area (Å²) >= 11 is 6.00. The molecule has 1 atom stereocenters. The van der Waals surface area contributed by atoms with Crippen LogP contribution in [0.1, 0.15) is 36.5 Å². The van der Waals surface area contributed by atoms with Gasteiger partial charge in [0.25, 0.3) is 0 Å². The molecule has 0 amide bonds. The molecule has 1 aromatic carbocycles. The van der Waals surface area contributed by atoms with Crippen LogP contribution >= 0.6 is 11.6 Å². The topological polar surface area (TPSA) is 9.23 Å². The molecule has 0 heterocycles. The van der Waals surface area contributed by atoms with E-state index in [9.17, 15) is 0 Å². The van der Waals surface area contributed by atoms with Gasteiger partial charge in [0.15, 0.2) is 0 Å². The van der Waals surface area contributed by atoms with Crippen molar-refractivity contribution in [2.75, 3.05) is 7.11 Å². The SMILES string of the molecule is COC1CCCCc2ccc(Cl)cc21. The molecule has 2 rings (SSSR count). The molecule has 0 N–H and O–H groups in total. The Morgan fingerprint density at radius 3 is 3.00 bits per heavy atom. The number of hydrogen-bond donors (Lipinski definition) is 0. The lowest BCUT2D eigenvalue weighted by Gasteiger charge is -2.15. The first-order chi connectivity index (χ1) is 6.81. The number of halogens is 1. The molecule has 0 fully saturated rings. The molecule has 0 aliphatic heterocycles. The molecular formula is C12H15ClO. The average Bonchev–Trinajstić information content (AvgIpc) is 2.39. The summed E-state index contributed by atoms with van der Waals surface area (Å²) in [4.78, 5) is 0. The normalized spacial score (nSPS) is 21.4. The lowest BCUT2D eigenvalue weighted by atomic mass is 10.0. The minimum absolute atomic E-state index is 0.242. The van der Waals surface area contributed by atoms with E-state index in [2.05, 4.69) is 12.1 Å². The molecule has 1 aliphatic rings. The van der Waals surface area contributed by atoms with E-state index in [1.165, 1.54) is 24.0 Å². The predicted octanol–water partition coefficient (Wildman–Crippen LogP) is 3.75. The molecule has 0 aromatic heterocycles. The average molecular weight is 211 g/mol. The molecule has 0 spiro atoms. The van der Waals surface area contributed by atoms with Crippen molar-refractivity contribution in [2.45, 2.75) is 31.8 Å². The predicted molar refractivity (Wildman–Crippen MR) is 58.8 cm³/mol. The third-order valence-electron chi connectivity index (χ3n) is 2.90. The van der Waals surface area contributed by atoms with Crippen molar-refractivity contribution in [1.29, 1.82) is 0 Å². The minimum Gasteiger partial charge on any atom is -0.377 e. The summed E-state index contributed by atoms with van der Waals surface area (Å²) in [7, 11) is 1.78. The van der Waals surface area contributed by atoms with Crippen LogP contribution in [-0.4, -0.2) is 7.11 Å². The molecule has 0 radical (unpaired) electrons. The van der Waals surface area contributed by atoms with Crippen LogP contribution in [-0.2, 0) is 11.2 Å². The highest BCUT2D eigenvalue weighted by Gasteiger charge is 2.17. The lowest BCUT2D eigenvalue weighted by Crippen LogP contribution is -2.02. The van der Waals surface area contributed by atoms with Gasteiger partial charge in [0.1, 0.15) is 0 Å². The maximum absolute atomic E-state index is 6.00. The fraction of sp³-hybridized carbons (Fsp3) is 0.500. The third-order valence-corrected chi connectivity index (χ3v) is 3.14. The Morgan fingerprint density at radius 1 is 1.36 bits per heavy atom. The Balaban J connectivity index is 2.40. The lowest BCUT2D eigenvalue weighted by molar-refractivity contribution is 0.0952. The molecule has 1 unspecified atom stereocenters. The van der Waals surface area contributed by atoms with Crippen LogP contribution in [0.2, 0.25) is 5.02 Å². The summed E-state index contributed by atoms with van der Waals surface area (Å²) in [6.07, 6.45) is 5.02. The second-order valence-corrected chi connectivity index (χ2v) is 4.25. The van der Waals surface area contributed by atoms with Crippen molar-refractivity contribution < 1.29 is 4.74 Å². The van der Waals surface area contributed by atoms with E-state index in [-0.39, 0.29) is 6.10 Å².